The van der Waals surface area contributed by atoms with E-state index in [1.807, 2.05) is 32.9 Å². The van der Waals surface area contributed by atoms with E-state index in [2.05, 4.69) is 0 Å². The second kappa shape index (κ2) is 11.0. The van der Waals surface area contributed by atoms with Crippen molar-refractivity contribution in [3.63, 3.8) is 0 Å². The molecule has 5 heteroatoms. The Morgan fingerprint density at radius 1 is 1.03 bits per heavy atom. The first-order chi connectivity index (χ1) is 15.2. The molecule has 3 nitrogen and oxygen atoms in total. The van der Waals surface area contributed by atoms with Crippen LogP contribution in [0.4, 0.5) is 8.78 Å². The second-order valence-corrected chi connectivity index (χ2v) is 10.0. The number of alkyl halides is 2. The number of halogens is 2. The van der Waals surface area contributed by atoms with Crippen LogP contribution in [0.1, 0.15) is 89.2 Å². The molecular weight excluding hydrogens is 410 g/mol. The van der Waals surface area contributed by atoms with Crippen LogP contribution in [0.2, 0.25) is 0 Å². The van der Waals surface area contributed by atoms with Gasteiger partial charge in [0.1, 0.15) is 11.5 Å². The van der Waals surface area contributed by atoms with Crippen LogP contribution in [0.15, 0.2) is 24.3 Å². The maximum absolute atomic E-state index is 15.0. The lowest BCUT2D eigenvalue weighted by Gasteiger charge is -2.39. The van der Waals surface area contributed by atoms with Crippen LogP contribution in [0.3, 0.4) is 0 Å². The maximum Gasteiger partial charge on any atom is 0.400 e. The van der Waals surface area contributed by atoms with Gasteiger partial charge >= 0.3 is 6.11 Å². The standard InChI is InChI=1S/C27H40F2O3/c1-5-6-15-31-23-13-9-21(10-14-23)20-7-11-22(12-8-20)27(28,29)32-24-16-19(4)26(30)25(17-24)18(2)3/h5-6,16-18,20-23,30H,7-15H2,1-4H3/b6-5+. The summed E-state index contributed by atoms with van der Waals surface area (Å²) >= 11 is 0. The van der Waals surface area contributed by atoms with E-state index in [1.54, 1.807) is 13.0 Å². The number of allylic oxidation sites excluding steroid dienone is 1. The number of phenols is 1. The molecule has 180 valence electrons. The lowest BCUT2D eigenvalue weighted by atomic mass is 9.70. The summed E-state index contributed by atoms with van der Waals surface area (Å²) in [7, 11) is 0. The first kappa shape index (κ1) is 25.0. The third kappa shape index (κ3) is 6.24. The van der Waals surface area contributed by atoms with E-state index in [0.717, 1.165) is 38.5 Å². The first-order valence-electron chi connectivity index (χ1n) is 12.3. The summed E-state index contributed by atoms with van der Waals surface area (Å²) in [5.41, 5.74) is 1.21. The number of phenolic OH excluding ortho intramolecular Hbond substituents is 1. The van der Waals surface area contributed by atoms with Gasteiger partial charge in [0.2, 0.25) is 0 Å². The van der Waals surface area contributed by atoms with Crippen molar-refractivity contribution in [2.45, 2.75) is 97.2 Å². The smallest absolute Gasteiger partial charge is 0.400 e. The minimum absolute atomic E-state index is 0.0323. The molecule has 0 spiro atoms. The Kier molecular flexibility index (Phi) is 8.60. The quantitative estimate of drug-likeness (QED) is 0.411. The monoisotopic (exact) mass is 450 g/mol. The summed E-state index contributed by atoms with van der Waals surface area (Å²) in [4.78, 5) is 0. The molecule has 0 aromatic heterocycles. The van der Waals surface area contributed by atoms with Crippen molar-refractivity contribution >= 4 is 0 Å². The normalized spacial score (nSPS) is 27.2. The Morgan fingerprint density at radius 3 is 2.19 bits per heavy atom. The van der Waals surface area contributed by atoms with E-state index < -0.39 is 12.0 Å². The second-order valence-electron chi connectivity index (χ2n) is 10.0. The molecule has 0 amide bonds. The number of hydrogen-bond donors (Lipinski definition) is 1. The van der Waals surface area contributed by atoms with E-state index in [9.17, 15) is 5.11 Å². The van der Waals surface area contributed by atoms with Crippen LogP contribution < -0.4 is 4.74 Å². The molecule has 2 saturated carbocycles. The highest BCUT2D eigenvalue weighted by molar-refractivity contribution is 5.47. The average molecular weight is 451 g/mol. The molecule has 2 aliphatic carbocycles. The number of aryl methyl sites for hydroxylation is 1. The highest BCUT2D eigenvalue weighted by Crippen LogP contribution is 2.45. The van der Waals surface area contributed by atoms with Crippen LogP contribution in [-0.2, 0) is 4.74 Å². The van der Waals surface area contributed by atoms with Crippen molar-refractivity contribution in [2.75, 3.05) is 6.61 Å². The topological polar surface area (TPSA) is 38.7 Å². The largest absolute Gasteiger partial charge is 0.507 e. The van der Waals surface area contributed by atoms with Gasteiger partial charge in [0.05, 0.1) is 18.6 Å². The zero-order chi connectivity index (χ0) is 23.3. The first-order valence-corrected chi connectivity index (χ1v) is 12.3. The van der Waals surface area contributed by atoms with Gasteiger partial charge in [-0.25, -0.2) is 0 Å². The molecule has 0 unspecified atom stereocenters. The molecule has 0 radical (unpaired) electrons. The molecule has 32 heavy (non-hydrogen) atoms. The Bertz CT molecular complexity index is 758. The fourth-order valence-corrected chi connectivity index (χ4v) is 5.45. The Balaban J connectivity index is 1.51. The summed E-state index contributed by atoms with van der Waals surface area (Å²) in [5, 5.41) is 10.2. The van der Waals surface area contributed by atoms with E-state index in [4.69, 9.17) is 9.47 Å². The molecule has 0 aliphatic heterocycles. The van der Waals surface area contributed by atoms with E-state index in [-0.39, 0.29) is 17.4 Å². The van der Waals surface area contributed by atoms with Gasteiger partial charge in [-0.2, -0.15) is 8.78 Å². The molecule has 2 fully saturated rings. The van der Waals surface area contributed by atoms with Crippen molar-refractivity contribution < 1.29 is 23.4 Å². The van der Waals surface area contributed by atoms with Crippen LogP contribution in [0.25, 0.3) is 0 Å². The molecule has 1 aromatic rings. The average Bonchev–Trinajstić information content (AvgIpc) is 2.76. The number of benzene rings is 1. The van der Waals surface area contributed by atoms with Gasteiger partial charge < -0.3 is 14.6 Å². The van der Waals surface area contributed by atoms with Gasteiger partial charge in [-0.15, -0.1) is 0 Å². The maximum atomic E-state index is 15.0. The third-order valence-corrected chi connectivity index (χ3v) is 7.48. The number of aromatic hydroxyl groups is 1. The van der Waals surface area contributed by atoms with Gasteiger partial charge in [0.15, 0.2) is 0 Å². The molecule has 3 rings (SSSR count). The van der Waals surface area contributed by atoms with E-state index in [1.165, 1.54) is 6.07 Å². The summed E-state index contributed by atoms with van der Waals surface area (Å²) in [6, 6.07) is 3.07. The van der Waals surface area contributed by atoms with Crippen LogP contribution in [0, 0.1) is 24.7 Å². The molecule has 0 saturated heterocycles. The van der Waals surface area contributed by atoms with Gasteiger partial charge in [-0.05, 0) is 101 Å². The van der Waals surface area contributed by atoms with E-state index >= 15 is 8.78 Å². The van der Waals surface area contributed by atoms with Crippen molar-refractivity contribution in [1.82, 2.24) is 0 Å². The zero-order valence-corrected chi connectivity index (χ0v) is 20.1. The van der Waals surface area contributed by atoms with E-state index in [0.29, 0.717) is 48.5 Å². The van der Waals surface area contributed by atoms with Crippen LogP contribution in [0.5, 0.6) is 11.5 Å². The lowest BCUT2D eigenvalue weighted by molar-refractivity contribution is -0.224. The van der Waals surface area contributed by atoms with Gasteiger partial charge in [-0.1, -0.05) is 26.0 Å². The minimum atomic E-state index is -3.19. The van der Waals surface area contributed by atoms with Crippen molar-refractivity contribution in [1.29, 1.82) is 0 Å². The van der Waals surface area contributed by atoms with Crippen molar-refractivity contribution in [3.05, 3.63) is 35.4 Å². The summed E-state index contributed by atoms with van der Waals surface area (Å²) in [6.45, 7) is 8.27. The lowest BCUT2D eigenvalue weighted by Crippen LogP contribution is -2.38. The molecule has 2 aliphatic rings. The Labute approximate surface area is 192 Å². The molecule has 0 atom stereocenters. The van der Waals surface area contributed by atoms with Crippen molar-refractivity contribution in [3.8, 4) is 11.5 Å². The number of ether oxygens (including phenoxy) is 2. The molecule has 0 bridgehead atoms. The molecule has 0 heterocycles. The van der Waals surface area contributed by atoms with Crippen LogP contribution in [-0.4, -0.2) is 23.9 Å². The summed E-state index contributed by atoms with van der Waals surface area (Å²) in [6.07, 6.45) is 8.37. The fraction of sp³-hybridized carbons (Fsp3) is 0.704. The van der Waals surface area contributed by atoms with Gasteiger partial charge in [0, 0.05) is 5.56 Å². The highest BCUT2D eigenvalue weighted by atomic mass is 19.3. The summed E-state index contributed by atoms with van der Waals surface area (Å²) < 4.78 is 41.2. The van der Waals surface area contributed by atoms with Gasteiger partial charge in [0.25, 0.3) is 0 Å². The highest BCUT2D eigenvalue weighted by Gasteiger charge is 2.45. The predicted molar refractivity (Wildman–Crippen MR) is 124 cm³/mol. The van der Waals surface area contributed by atoms with Crippen molar-refractivity contribution in [2.24, 2.45) is 17.8 Å². The number of hydrogen-bond acceptors (Lipinski definition) is 3. The number of rotatable bonds is 8. The SMILES string of the molecule is C/C=C/COC1CCC(C2CCC(C(F)(F)Oc3cc(C)c(O)c(C(C)C)c3)CC2)CC1. The zero-order valence-electron chi connectivity index (χ0n) is 20.1. The molecular formula is C27H40F2O3. The fourth-order valence-electron chi connectivity index (χ4n) is 5.45. The molecule has 1 N–H and O–H groups in total. The van der Waals surface area contributed by atoms with Crippen LogP contribution >= 0.6 is 0 Å². The Hall–Kier alpha value is -1.62. The Morgan fingerprint density at radius 2 is 1.62 bits per heavy atom. The minimum Gasteiger partial charge on any atom is -0.507 e. The third-order valence-electron chi connectivity index (χ3n) is 7.48. The summed E-state index contributed by atoms with van der Waals surface area (Å²) in [5.74, 6) is 0.772. The van der Waals surface area contributed by atoms with Gasteiger partial charge in [-0.3, -0.25) is 0 Å². The predicted octanol–water partition coefficient (Wildman–Crippen LogP) is 7.75. The molecule has 1 aromatic carbocycles.